The Bertz CT molecular complexity index is 592. The molecular formula is C14H18N4O. The minimum absolute atomic E-state index is 0.519. The number of carbonyl (C=O) groups excluding carboxylic acids is 1. The molecule has 1 aliphatic rings. The highest BCUT2D eigenvalue weighted by Crippen LogP contribution is 2.18. The van der Waals surface area contributed by atoms with Gasteiger partial charge in [-0.25, -0.2) is 9.50 Å². The number of piperidine rings is 1. The van der Waals surface area contributed by atoms with E-state index in [-0.39, 0.29) is 0 Å². The Morgan fingerprint density at radius 1 is 1.47 bits per heavy atom. The molecule has 1 unspecified atom stereocenters. The Balaban J connectivity index is 1.87. The maximum absolute atomic E-state index is 11.0. The third-order valence-electron chi connectivity index (χ3n) is 3.90. The van der Waals surface area contributed by atoms with Crippen molar-refractivity contribution >= 4 is 11.9 Å². The van der Waals surface area contributed by atoms with Crippen LogP contribution in [-0.2, 0) is 6.42 Å². The van der Waals surface area contributed by atoms with Gasteiger partial charge in [0.05, 0.1) is 5.56 Å². The predicted molar refractivity (Wildman–Crippen MR) is 72.3 cm³/mol. The first kappa shape index (κ1) is 12.3. The van der Waals surface area contributed by atoms with Crippen molar-refractivity contribution in [1.29, 1.82) is 0 Å². The molecule has 3 rings (SSSR count). The molecule has 1 saturated heterocycles. The van der Waals surface area contributed by atoms with Crippen LogP contribution in [0.2, 0.25) is 0 Å². The van der Waals surface area contributed by atoms with Gasteiger partial charge in [0.2, 0.25) is 0 Å². The molecule has 0 radical (unpaired) electrons. The highest BCUT2D eigenvalue weighted by molar-refractivity contribution is 5.83. The molecule has 0 amide bonds. The van der Waals surface area contributed by atoms with Crippen LogP contribution in [0.15, 0.2) is 18.3 Å². The summed E-state index contributed by atoms with van der Waals surface area (Å²) in [5.74, 6) is 0.827. The van der Waals surface area contributed by atoms with E-state index in [1.807, 2.05) is 12.3 Å². The minimum Gasteiger partial charge on any atom is -0.303 e. The zero-order valence-electron chi connectivity index (χ0n) is 11.1. The van der Waals surface area contributed by atoms with E-state index in [0.29, 0.717) is 17.3 Å². The molecule has 3 heterocycles. The van der Waals surface area contributed by atoms with Crippen molar-refractivity contribution in [2.24, 2.45) is 0 Å². The molecule has 0 aromatic carbocycles. The number of nitrogens with zero attached hydrogens (tertiary/aromatic N) is 4. The summed E-state index contributed by atoms with van der Waals surface area (Å²) in [4.78, 5) is 17.9. The predicted octanol–water partition coefficient (Wildman–Crippen LogP) is 1.57. The highest BCUT2D eigenvalue weighted by atomic mass is 16.1. The van der Waals surface area contributed by atoms with Gasteiger partial charge in [0.15, 0.2) is 17.8 Å². The standard InChI is InChI=1S/C14H18N4O/c1-17-7-3-2-6-12(17)9-13-15-14-11(10-19)5-4-8-18(14)16-13/h4-5,8,10,12H,2-3,6-7,9H2,1H3. The van der Waals surface area contributed by atoms with Crippen molar-refractivity contribution in [3.63, 3.8) is 0 Å². The smallest absolute Gasteiger partial charge is 0.166 e. The van der Waals surface area contributed by atoms with E-state index in [0.717, 1.165) is 25.1 Å². The van der Waals surface area contributed by atoms with Crippen molar-refractivity contribution in [3.8, 4) is 0 Å². The summed E-state index contributed by atoms with van der Waals surface area (Å²) < 4.78 is 1.70. The van der Waals surface area contributed by atoms with Crippen LogP contribution in [-0.4, -0.2) is 45.4 Å². The number of hydrogen-bond acceptors (Lipinski definition) is 4. The number of aromatic nitrogens is 3. The van der Waals surface area contributed by atoms with Crippen molar-refractivity contribution in [3.05, 3.63) is 29.7 Å². The van der Waals surface area contributed by atoms with Gasteiger partial charge in [-0.15, -0.1) is 0 Å². The molecule has 100 valence electrons. The van der Waals surface area contributed by atoms with Crippen molar-refractivity contribution < 1.29 is 4.79 Å². The quantitative estimate of drug-likeness (QED) is 0.784. The van der Waals surface area contributed by atoms with Gasteiger partial charge in [0.25, 0.3) is 0 Å². The van der Waals surface area contributed by atoms with E-state index in [4.69, 9.17) is 0 Å². The van der Waals surface area contributed by atoms with Crippen LogP contribution in [0, 0.1) is 0 Å². The summed E-state index contributed by atoms with van der Waals surface area (Å²) >= 11 is 0. The molecule has 19 heavy (non-hydrogen) atoms. The zero-order chi connectivity index (χ0) is 13.2. The third kappa shape index (κ3) is 2.38. The van der Waals surface area contributed by atoms with E-state index < -0.39 is 0 Å². The Morgan fingerprint density at radius 3 is 3.16 bits per heavy atom. The van der Waals surface area contributed by atoms with Gasteiger partial charge in [0.1, 0.15) is 0 Å². The van der Waals surface area contributed by atoms with Crippen molar-refractivity contribution in [1.82, 2.24) is 19.5 Å². The number of carbonyl (C=O) groups is 1. The fourth-order valence-electron chi connectivity index (χ4n) is 2.76. The summed E-state index contributed by atoms with van der Waals surface area (Å²) in [5, 5.41) is 4.47. The Labute approximate surface area is 112 Å². The number of likely N-dealkylation sites (tertiary alicyclic amines) is 1. The molecule has 1 fully saturated rings. The minimum atomic E-state index is 0.519. The summed E-state index contributed by atoms with van der Waals surface area (Å²) in [5.41, 5.74) is 1.25. The molecule has 0 aliphatic carbocycles. The first-order chi connectivity index (χ1) is 9.28. The molecule has 0 N–H and O–H groups in total. The van der Waals surface area contributed by atoms with Gasteiger partial charge >= 0.3 is 0 Å². The third-order valence-corrected chi connectivity index (χ3v) is 3.90. The van der Waals surface area contributed by atoms with E-state index in [2.05, 4.69) is 22.0 Å². The van der Waals surface area contributed by atoms with Crippen LogP contribution in [0.3, 0.4) is 0 Å². The van der Waals surface area contributed by atoms with E-state index in [9.17, 15) is 4.79 Å². The first-order valence-corrected chi connectivity index (χ1v) is 6.77. The second kappa shape index (κ2) is 5.09. The maximum Gasteiger partial charge on any atom is 0.166 e. The molecule has 5 nitrogen and oxygen atoms in total. The van der Waals surface area contributed by atoms with Gasteiger partial charge < -0.3 is 4.90 Å². The number of aldehydes is 1. The fraction of sp³-hybridized carbons (Fsp3) is 0.500. The highest BCUT2D eigenvalue weighted by Gasteiger charge is 2.21. The lowest BCUT2D eigenvalue weighted by Gasteiger charge is -2.31. The van der Waals surface area contributed by atoms with Gasteiger partial charge in [-0.1, -0.05) is 6.42 Å². The van der Waals surface area contributed by atoms with Crippen LogP contribution in [0.1, 0.15) is 35.4 Å². The second-order valence-electron chi connectivity index (χ2n) is 5.21. The van der Waals surface area contributed by atoms with Crippen LogP contribution >= 0.6 is 0 Å². The van der Waals surface area contributed by atoms with Gasteiger partial charge in [-0.05, 0) is 38.6 Å². The van der Waals surface area contributed by atoms with E-state index in [1.54, 1.807) is 10.6 Å². The summed E-state index contributed by atoms with van der Waals surface area (Å²) in [6.45, 7) is 1.15. The molecule has 2 aromatic rings. The van der Waals surface area contributed by atoms with Crippen LogP contribution in [0.5, 0.6) is 0 Å². The second-order valence-corrected chi connectivity index (χ2v) is 5.21. The lowest BCUT2D eigenvalue weighted by atomic mass is 10.00. The van der Waals surface area contributed by atoms with E-state index >= 15 is 0 Å². The summed E-state index contributed by atoms with van der Waals surface area (Å²) in [6.07, 6.45) is 7.29. The summed E-state index contributed by atoms with van der Waals surface area (Å²) in [7, 11) is 2.16. The number of fused-ring (bicyclic) bond motifs is 1. The van der Waals surface area contributed by atoms with Crippen LogP contribution in [0.4, 0.5) is 0 Å². The Kier molecular flexibility index (Phi) is 3.29. The van der Waals surface area contributed by atoms with Gasteiger partial charge in [0, 0.05) is 18.7 Å². The number of pyridine rings is 1. The molecule has 1 aliphatic heterocycles. The molecular weight excluding hydrogens is 240 g/mol. The van der Waals surface area contributed by atoms with Gasteiger partial charge in [-0.2, -0.15) is 5.10 Å². The molecule has 5 heteroatoms. The largest absolute Gasteiger partial charge is 0.303 e. The Morgan fingerprint density at radius 2 is 2.37 bits per heavy atom. The first-order valence-electron chi connectivity index (χ1n) is 6.77. The molecule has 0 saturated carbocycles. The lowest BCUT2D eigenvalue weighted by Crippen LogP contribution is -2.37. The van der Waals surface area contributed by atoms with Crippen molar-refractivity contribution in [2.45, 2.75) is 31.7 Å². The average Bonchev–Trinajstić information content (AvgIpc) is 2.83. The van der Waals surface area contributed by atoms with Crippen molar-refractivity contribution in [2.75, 3.05) is 13.6 Å². The van der Waals surface area contributed by atoms with Crippen LogP contribution in [0.25, 0.3) is 5.65 Å². The number of hydrogen-bond donors (Lipinski definition) is 0. The zero-order valence-corrected chi connectivity index (χ0v) is 11.1. The molecule has 2 aromatic heterocycles. The fourth-order valence-corrected chi connectivity index (χ4v) is 2.76. The normalized spacial score (nSPS) is 20.8. The topological polar surface area (TPSA) is 50.5 Å². The Hall–Kier alpha value is -1.75. The van der Waals surface area contributed by atoms with Crippen LogP contribution < -0.4 is 0 Å². The average molecular weight is 258 g/mol. The monoisotopic (exact) mass is 258 g/mol. The van der Waals surface area contributed by atoms with Gasteiger partial charge in [-0.3, -0.25) is 4.79 Å². The lowest BCUT2D eigenvalue weighted by molar-refractivity contribution is 0.112. The summed E-state index contributed by atoms with van der Waals surface area (Å²) in [6, 6.07) is 4.11. The molecule has 0 spiro atoms. The molecule has 1 atom stereocenters. The maximum atomic E-state index is 11.0. The molecule has 0 bridgehead atoms. The number of likely N-dealkylation sites (N-methyl/N-ethyl adjacent to an activating group) is 1. The SMILES string of the molecule is CN1CCCCC1Cc1nc2c(C=O)cccn2n1. The van der Waals surface area contributed by atoms with E-state index in [1.165, 1.54) is 19.3 Å². The number of rotatable bonds is 3.